The number of benzene rings is 1. The van der Waals surface area contributed by atoms with Gasteiger partial charge in [-0.3, -0.25) is 4.68 Å². The number of rotatable bonds is 7. The molecular formula is C19H22BrF3N4OS. The van der Waals surface area contributed by atoms with Crippen molar-refractivity contribution in [3.05, 3.63) is 39.6 Å². The van der Waals surface area contributed by atoms with Gasteiger partial charge in [0.1, 0.15) is 5.75 Å². The molecule has 5 nitrogen and oxygen atoms in total. The number of ether oxygens (including phenoxy) is 1. The molecule has 158 valence electrons. The van der Waals surface area contributed by atoms with Gasteiger partial charge in [-0.05, 0) is 72.0 Å². The highest BCUT2D eigenvalue weighted by atomic mass is 79.9. The van der Waals surface area contributed by atoms with E-state index in [4.69, 9.17) is 17.0 Å². The normalized spacial score (nSPS) is 14.0. The van der Waals surface area contributed by atoms with Gasteiger partial charge in [-0.25, -0.2) is 0 Å². The fourth-order valence-electron chi connectivity index (χ4n) is 3.07. The van der Waals surface area contributed by atoms with Gasteiger partial charge in [-0.2, -0.15) is 18.3 Å². The lowest BCUT2D eigenvalue weighted by molar-refractivity contribution is -0.142. The molecular weight excluding hydrogens is 469 g/mol. The summed E-state index contributed by atoms with van der Waals surface area (Å²) < 4.78 is 46.4. The molecule has 2 N–H and O–H groups in total. The molecule has 1 aromatic carbocycles. The van der Waals surface area contributed by atoms with E-state index in [2.05, 4.69) is 31.7 Å². The Labute approximate surface area is 181 Å². The Morgan fingerprint density at radius 2 is 2.10 bits per heavy atom. The van der Waals surface area contributed by atoms with Gasteiger partial charge in [0, 0.05) is 19.0 Å². The van der Waals surface area contributed by atoms with Crippen LogP contribution in [0.25, 0.3) is 0 Å². The van der Waals surface area contributed by atoms with E-state index in [1.807, 2.05) is 25.1 Å². The Morgan fingerprint density at radius 1 is 1.38 bits per heavy atom. The van der Waals surface area contributed by atoms with Crippen molar-refractivity contribution in [2.75, 3.05) is 19.0 Å². The average Bonchev–Trinajstić information content (AvgIpc) is 3.41. The van der Waals surface area contributed by atoms with E-state index >= 15 is 0 Å². The van der Waals surface area contributed by atoms with E-state index in [1.54, 1.807) is 7.11 Å². The van der Waals surface area contributed by atoms with Crippen molar-refractivity contribution in [2.45, 2.75) is 44.8 Å². The third kappa shape index (κ3) is 5.42. The van der Waals surface area contributed by atoms with Crippen LogP contribution < -0.4 is 15.4 Å². The molecule has 0 radical (unpaired) electrons. The van der Waals surface area contributed by atoms with E-state index in [9.17, 15) is 13.2 Å². The topological polar surface area (TPSA) is 51.1 Å². The number of halogens is 4. The minimum absolute atomic E-state index is 0.0733. The summed E-state index contributed by atoms with van der Waals surface area (Å²) in [6.45, 7) is 2.85. The lowest BCUT2D eigenvalue weighted by atomic mass is 10.2. The highest BCUT2D eigenvalue weighted by Crippen LogP contribution is 2.47. The first kappa shape index (κ1) is 21.9. The first-order chi connectivity index (χ1) is 13.7. The minimum atomic E-state index is -4.47. The Bertz CT molecular complexity index is 896. The number of nitrogens with zero attached hydrogens (tertiary/aromatic N) is 2. The molecule has 0 spiro atoms. The fourth-order valence-corrected chi connectivity index (χ4v) is 4.11. The number of hydrogen-bond donors (Lipinski definition) is 2. The van der Waals surface area contributed by atoms with Crippen molar-refractivity contribution in [1.82, 2.24) is 15.1 Å². The number of nitrogens with one attached hydrogen (secondary N) is 2. The molecule has 10 heteroatoms. The summed E-state index contributed by atoms with van der Waals surface area (Å²) in [5, 5.41) is 10.4. The Kier molecular flexibility index (Phi) is 6.72. The number of alkyl halides is 3. The summed E-state index contributed by atoms with van der Waals surface area (Å²) in [6.07, 6.45) is -2.10. The van der Waals surface area contributed by atoms with Crippen LogP contribution in [0.15, 0.2) is 22.7 Å². The minimum Gasteiger partial charge on any atom is -0.495 e. The SMILES string of the molecule is COc1ccc(C)cc1NC(=S)NCCCn1nc(C(F)(F)F)c(Br)c1C1CC1. The molecule has 1 fully saturated rings. The maximum atomic E-state index is 13.2. The Balaban J connectivity index is 1.56. The standard InChI is InChI=1S/C19H22BrF3N4OS/c1-11-4-7-14(28-2)13(10-11)25-18(29)24-8-3-9-27-16(12-5-6-12)15(20)17(26-27)19(21,22)23/h4,7,10,12H,3,5-6,8-9H2,1-2H3,(H2,24,25,29). The van der Waals surface area contributed by atoms with Crippen LogP contribution in [-0.2, 0) is 12.7 Å². The predicted octanol–water partition coefficient (Wildman–Crippen LogP) is 5.24. The maximum Gasteiger partial charge on any atom is 0.436 e. The van der Waals surface area contributed by atoms with Crippen molar-refractivity contribution in [3.63, 3.8) is 0 Å². The van der Waals surface area contributed by atoms with Crippen molar-refractivity contribution < 1.29 is 17.9 Å². The van der Waals surface area contributed by atoms with Gasteiger partial charge in [0.25, 0.3) is 0 Å². The molecule has 0 amide bonds. The van der Waals surface area contributed by atoms with E-state index in [-0.39, 0.29) is 10.4 Å². The maximum absolute atomic E-state index is 13.2. The number of thiocarbonyl (C=S) groups is 1. The van der Waals surface area contributed by atoms with Gasteiger partial charge in [0.15, 0.2) is 10.8 Å². The van der Waals surface area contributed by atoms with Crippen molar-refractivity contribution in [1.29, 1.82) is 0 Å². The molecule has 1 aliphatic rings. The number of anilines is 1. The van der Waals surface area contributed by atoms with Crippen LogP contribution in [0.4, 0.5) is 18.9 Å². The van der Waals surface area contributed by atoms with Crippen LogP contribution in [0.1, 0.15) is 42.1 Å². The van der Waals surface area contributed by atoms with Crippen LogP contribution in [0.3, 0.4) is 0 Å². The molecule has 1 aromatic heterocycles. The summed E-state index contributed by atoms with van der Waals surface area (Å²) in [7, 11) is 1.58. The first-order valence-corrected chi connectivity index (χ1v) is 10.4. The summed E-state index contributed by atoms with van der Waals surface area (Å²) in [6, 6.07) is 5.72. The van der Waals surface area contributed by atoms with Gasteiger partial charge in [-0.15, -0.1) is 0 Å². The van der Waals surface area contributed by atoms with Gasteiger partial charge in [0.05, 0.1) is 23.0 Å². The summed E-state index contributed by atoms with van der Waals surface area (Å²) in [5.74, 6) is 0.826. The van der Waals surface area contributed by atoms with E-state index < -0.39 is 11.9 Å². The monoisotopic (exact) mass is 490 g/mol. The second kappa shape index (κ2) is 8.91. The molecule has 29 heavy (non-hydrogen) atoms. The number of aryl methyl sites for hydroxylation is 2. The second-order valence-corrected chi connectivity index (χ2v) is 8.18. The number of hydrogen-bond acceptors (Lipinski definition) is 3. The second-order valence-electron chi connectivity index (χ2n) is 6.98. The lowest BCUT2D eigenvalue weighted by Gasteiger charge is -2.14. The quantitative estimate of drug-likeness (QED) is 0.410. The van der Waals surface area contributed by atoms with Crippen molar-refractivity contribution in [2.24, 2.45) is 0 Å². The molecule has 1 saturated carbocycles. The van der Waals surface area contributed by atoms with E-state index in [0.717, 1.165) is 24.1 Å². The molecule has 0 aliphatic heterocycles. The van der Waals surface area contributed by atoms with Crippen LogP contribution >= 0.6 is 28.1 Å². The third-order valence-corrected chi connectivity index (χ3v) is 5.63. The average molecular weight is 491 g/mol. The largest absolute Gasteiger partial charge is 0.495 e. The molecule has 3 rings (SSSR count). The highest BCUT2D eigenvalue weighted by Gasteiger charge is 2.41. The smallest absolute Gasteiger partial charge is 0.436 e. The first-order valence-electron chi connectivity index (χ1n) is 9.23. The summed E-state index contributed by atoms with van der Waals surface area (Å²) >= 11 is 8.42. The molecule has 0 bridgehead atoms. The summed E-state index contributed by atoms with van der Waals surface area (Å²) in [5.41, 5.74) is 1.61. The van der Waals surface area contributed by atoms with Gasteiger partial charge < -0.3 is 15.4 Å². The third-order valence-electron chi connectivity index (χ3n) is 4.60. The molecule has 2 aromatic rings. The van der Waals surface area contributed by atoms with Crippen molar-refractivity contribution >= 4 is 38.9 Å². The molecule has 1 aliphatic carbocycles. The fraction of sp³-hybridized carbons (Fsp3) is 0.474. The Morgan fingerprint density at radius 3 is 2.72 bits per heavy atom. The predicted molar refractivity (Wildman–Crippen MR) is 113 cm³/mol. The molecule has 0 atom stereocenters. The Hall–Kier alpha value is -1.81. The van der Waals surface area contributed by atoms with Crippen LogP contribution in [0, 0.1) is 6.92 Å². The van der Waals surface area contributed by atoms with Crippen molar-refractivity contribution in [3.8, 4) is 5.75 Å². The van der Waals surface area contributed by atoms with Crippen LogP contribution in [0.5, 0.6) is 5.75 Å². The molecule has 0 unspecified atom stereocenters. The van der Waals surface area contributed by atoms with E-state index in [0.29, 0.717) is 36.1 Å². The van der Waals surface area contributed by atoms with Crippen LogP contribution in [0.2, 0.25) is 0 Å². The molecule has 1 heterocycles. The van der Waals surface area contributed by atoms with Gasteiger partial charge in [-0.1, -0.05) is 6.07 Å². The van der Waals surface area contributed by atoms with Gasteiger partial charge >= 0.3 is 6.18 Å². The number of methoxy groups -OCH3 is 1. The lowest BCUT2D eigenvalue weighted by Crippen LogP contribution is -2.30. The zero-order valence-electron chi connectivity index (χ0n) is 16.1. The van der Waals surface area contributed by atoms with Crippen LogP contribution in [-0.4, -0.2) is 28.5 Å². The summed E-state index contributed by atoms with van der Waals surface area (Å²) in [4.78, 5) is 0. The zero-order chi connectivity index (χ0) is 21.2. The van der Waals surface area contributed by atoms with E-state index in [1.165, 1.54) is 4.68 Å². The van der Waals surface area contributed by atoms with Gasteiger partial charge in [0.2, 0.25) is 0 Å². The number of aromatic nitrogens is 2. The zero-order valence-corrected chi connectivity index (χ0v) is 18.5. The highest BCUT2D eigenvalue weighted by molar-refractivity contribution is 9.10. The molecule has 0 saturated heterocycles.